The molecule has 0 bridgehead atoms. The SMILES string of the molecule is CCC(=O)C1CC(C)CCC1C(C)C. The van der Waals surface area contributed by atoms with Crippen LogP contribution in [0, 0.1) is 23.7 Å². The van der Waals surface area contributed by atoms with Gasteiger partial charge in [0, 0.05) is 12.3 Å². The van der Waals surface area contributed by atoms with Crippen molar-refractivity contribution in [1.82, 2.24) is 0 Å². The molecule has 1 heteroatoms. The second-order valence-corrected chi connectivity index (χ2v) is 5.25. The quantitative estimate of drug-likeness (QED) is 0.673. The Bertz CT molecular complexity index is 195. The molecular formula is C13H24O. The van der Waals surface area contributed by atoms with Crippen LogP contribution in [0.5, 0.6) is 0 Å². The van der Waals surface area contributed by atoms with Crippen LogP contribution in [0.2, 0.25) is 0 Å². The molecule has 1 rings (SSSR count). The smallest absolute Gasteiger partial charge is 0.135 e. The Hall–Kier alpha value is -0.330. The van der Waals surface area contributed by atoms with E-state index in [-0.39, 0.29) is 0 Å². The molecule has 0 spiro atoms. The van der Waals surface area contributed by atoms with E-state index in [1.807, 2.05) is 6.92 Å². The summed E-state index contributed by atoms with van der Waals surface area (Å²) in [5, 5.41) is 0. The zero-order chi connectivity index (χ0) is 10.7. The van der Waals surface area contributed by atoms with E-state index in [2.05, 4.69) is 20.8 Å². The maximum Gasteiger partial charge on any atom is 0.135 e. The van der Waals surface area contributed by atoms with Crippen LogP contribution in [-0.4, -0.2) is 5.78 Å². The summed E-state index contributed by atoms with van der Waals surface area (Å²) in [5.41, 5.74) is 0. The highest BCUT2D eigenvalue weighted by Gasteiger charge is 2.34. The first kappa shape index (κ1) is 11.7. The Kier molecular flexibility index (Phi) is 4.15. The number of carbonyl (C=O) groups excluding carboxylic acids is 1. The molecule has 14 heavy (non-hydrogen) atoms. The normalized spacial score (nSPS) is 33.4. The molecule has 1 fully saturated rings. The van der Waals surface area contributed by atoms with Crippen LogP contribution in [0.3, 0.4) is 0 Å². The molecule has 0 saturated heterocycles. The van der Waals surface area contributed by atoms with Crippen molar-refractivity contribution in [1.29, 1.82) is 0 Å². The first-order valence-electron chi connectivity index (χ1n) is 6.09. The summed E-state index contributed by atoms with van der Waals surface area (Å²) < 4.78 is 0. The maximum absolute atomic E-state index is 11.8. The van der Waals surface area contributed by atoms with Crippen LogP contribution in [0.25, 0.3) is 0 Å². The van der Waals surface area contributed by atoms with Gasteiger partial charge in [-0.15, -0.1) is 0 Å². The number of ketones is 1. The van der Waals surface area contributed by atoms with E-state index in [1.165, 1.54) is 12.8 Å². The summed E-state index contributed by atoms with van der Waals surface area (Å²) in [7, 11) is 0. The molecule has 0 N–H and O–H groups in total. The van der Waals surface area contributed by atoms with Gasteiger partial charge < -0.3 is 0 Å². The first-order chi connectivity index (χ1) is 6.56. The molecular weight excluding hydrogens is 172 g/mol. The summed E-state index contributed by atoms with van der Waals surface area (Å²) in [5.74, 6) is 2.94. The molecule has 0 radical (unpaired) electrons. The van der Waals surface area contributed by atoms with E-state index in [9.17, 15) is 4.79 Å². The lowest BCUT2D eigenvalue weighted by atomic mass is 9.68. The van der Waals surface area contributed by atoms with Crippen molar-refractivity contribution in [3.8, 4) is 0 Å². The molecule has 0 aromatic heterocycles. The molecule has 1 aliphatic rings. The van der Waals surface area contributed by atoms with Crippen molar-refractivity contribution in [2.45, 2.75) is 53.4 Å². The molecule has 0 aromatic carbocycles. The summed E-state index contributed by atoms with van der Waals surface area (Å²) in [6.07, 6.45) is 4.43. The van der Waals surface area contributed by atoms with Gasteiger partial charge in [0.25, 0.3) is 0 Å². The van der Waals surface area contributed by atoms with E-state index in [1.54, 1.807) is 0 Å². The van der Waals surface area contributed by atoms with Gasteiger partial charge in [0.2, 0.25) is 0 Å². The van der Waals surface area contributed by atoms with Gasteiger partial charge in [-0.05, 0) is 30.6 Å². The van der Waals surface area contributed by atoms with Crippen LogP contribution < -0.4 is 0 Å². The Morgan fingerprint density at radius 1 is 1.36 bits per heavy atom. The summed E-state index contributed by atoms with van der Waals surface area (Å²) in [6, 6.07) is 0. The van der Waals surface area contributed by atoms with Gasteiger partial charge in [0.1, 0.15) is 5.78 Å². The molecule has 1 nitrogen and oxygen atoms in total. The minimum absolute atomic E-state index is 0.365. The standard InChI is InChI=1S/C13H24O/c1-5-13(14)12-8-10(4)6-7-11(12)9(2)3/h9-12H,5-8H2,1-4H3. The fraction of sp³-hybridized carbons (Fsp3) is 0.923. The summed E-state index contributed by atoms with van der Waals surface area (Å²) in [6.45, 7) is 8.80. The maximum atomic E-state index is 11.8. The molecule has 0 aromatic rings. The van der Waals surface area contributed by atoms with Gasteiger partial charge in [0.15, 0.2) is 0 Å². The minimum atomic E-state index is 0.365. The number of carbonyl (C=O) groups is 1. The number of hydrogen-bond acceptors (Lipinski definition) is 1. The highest BCUT2D eigenvalue weighted by atomic mass is 16.1. The van der Waals surface area contributed by atoms with Crippen molar-refractivity contribution >= 4 is 5.78 Å². The fourth-order valence-electron chi connectivity index (χ4n) is 2.83. The molecule has 0 heterocycles. The number of hydrogen-bond donors (Lipinski definition) is 0. The van der Waals surface area contributed by atoms with Crippen molar-refractivity contribution in [2.24, 2.45) is 23.7 Å². The van der Waals surface area contributed by atoms with E-state index in [0.717, 1.165) is 18.8 Å². The van der Waals surface area contributed by atoms with E-state index in [0.29, 0.717) is 23.5 Å². The van der Waals surface area contributed by atoms with Crippen LogP contribution in [-0.2, 0) is 4.79 Å². The van der Waals surface area contributed by atoms with E-state index < -0.39 is 0 Å². The predicted octanol–water partition coefficient (Wildman–Crippen LogP) is 3.67. The molecule has 0 amide bonds. The lowest BCUT2D eigenvalue weighted by Gasteiger charge is -2.36. The van der Waals surface area contributed by atoms with Crippen LogP contribution in [0.1, 0.15) is 53.4 Å². The van der Waals surface area contributed by atoms with Crippen LogP contribution >= 0.6 is 0 Å². The van der Waals surface area contributed by atoms with Crippen LogP contribution in [0.15, 0.2) is 0 Å². The topological polar surface area (TPSA) is 17.1 Å². The second kappa shape index (κ2) is 4.95. The van der Waals surface area contributed by atoms with Gasteiger partial charge in [-0.1, -0.05) is 34.1 Å². The Morgan fingerprint density at radius 3 is 2.50 bits per heavy atom. The zero-order valence-electron chi connectivity index (χ0n) is 10.0. The second-order valence-electron chi connectivity index (χ2n) is 5.25. The van der Waals surface area contributed by atoms with Gasteiger partial charge in [-0.25, -0.2) is 0 Å². The lowest BCUT2D eigenvalue weighted by Crippen LogP contribution is -2.32. The van der Waals surface area contributed by atoms with Crippen LogP contribution in [0.4, 0.5) is 0 Å². The minimum Gasteiger partial charge on any atom is -0.299 e. The summed E-state index contributed by atoms with van der Waals surface area (Å²) in [4.78, 5) is 11.8. The highest BCUT2D eigenvalue weighted by Crippen LogP contribution is 2.38. The van der Waals surface area contributed by atoms with Gasteiger partial charge >= 0.3 is 0 Å². The Labute approximate surface area is 88.3 Å². The zero-order valence-corrected chi connectivity index (χ0v) is 10.0. The van der Waals surface area contributed by atoms with E-state index >= 15 is 0 Å². The Morgan fingerprint density at radius 2 is 2.00 bits per heavy atom. The average molecular weight is 196 g/mol. The monoisotopic (exact) mass is 196 g/mol. The van der Waals surface area contributed by atoms with Crippen molar-refractivity contribution < 1.29 is 4.79 Å². The van der Waals surface area contributed by atoms with Gasteiger partial charge in [-0.2, -0.15) is 0 Å². The molecule has 1 saturated carbocycles. The third-order valence-corrected chi connectivity index (χ3v) is 3.78. The lowest BCUT2D eigenvalue weighted by molar-refractivity contribution is -0.126. The van der Waals surface area contributed by atoms with Crippen molar-refractivity contribution in [2.75, 3.05) is 0 Å². The third kappa shape index (κ3) is 2.59. The largest absolute Gasteiger partial charge is 0.299 e. The first-order valence-corrected chi connectivity index (χ1v) is 6.09. The highest BCUT2D eigenvalue weighted by molar-refractivity contribution is 5.81. The third-order valence-electron chi connectivity index (χ3n) is 3.78. The number of Topliss-reactive ketones (excluding diaryl/α,β-unsaturated/α-hetero) is 1. The molecule has 1 aliphatic carbocycles. The van der Waals surface area contributed by atoms with E-state index in [4.69, 9.17) is 0 Å². The number of rotatable bonds is 3. The Balaban J connectivity index is 2.68. The summed E-state index contributed by atoms with van der Waals surface area (Å²) >= 11 is 0. The van der Waals surface area contributed by atoms with Gasteiger partial charge in [-0.3, -0.25) is 4.79 Å². The van der Waals surface area contributed by atoms with Crippen molar-refractivity contribution in [3.05, 3.63) is 0 Å². The predicted molar refractivity (Wildman–Crippen MR) is 60.1 cm³/mol. The fourth-order valence-corrected chi connectivity index (χ4v) is 2.83. The molecule has 3 atom stereocenters. The molecule has 3 unspecified atom stereocenters. The average Bonchev–Trinajstić information content (AvgIpc) is 2.16. The van der Waals surface area contributed by atoms with Crippen molar-refractivity contribution in [3.63, 3.8) is 0 Å². The molecule has 82 valence electrons. The molecule has 0 aliphatic heterocycles. The van der Waals surface area contributed by atoms with Gasteiger partial charge in [0.05, 0.1) is 0 Å².